The normalized spacial score (nSPS) is 21.7. The number of nitrogens with zero attached hydrogens (tertiary/aromatic N) is 3. The molecule has 0 saturated carbocycles. The Kier molecular flexibility index (Phi) is 3.61. The summed E-state index contributed by atoms with van der Waals surface area (Å²) in [5.74, 6) is 2.21. The SMILES string of the molecule is Cc1ccc(N=C2SCCN2C2=NCCS2)cc1. The monoisotopic (exact) mass is 277 g/mol. The largest absolute Gasteiger partial charge is 0.299 e. The standard InChI is InChI=1S/C13H15N3S2/c1-10-2-4-11(5-3-10)15-13-16(7-9-18-13)12-14-6-8-17-12/h2-5H,6-9H2,1H3. The molecule has 0 radical (unpaired) electrons. The van der Waals surface area contributed by atoms with Crippen molar-refractivity contribution in [1.82, 2.24) is 4.90 Å². The molecule has 3 rings (SSSR count). The van der Waals surface area contributed by atoms with Crippen LogP contribution in [-0.4, -0.2) is 39.8 Å². The molecule has 3 nitrogen and oxygen atoms in total. The highest BCUT2D eigenvalue weighted by Gasteiger charge is 2.26. The predicted octanol–water partition coefficient (Wildman–Crippen LogP) is 3.13. The van der Waals surface area contributed by atoms with E-state index in [1.807, 2.05) is 23.5 Å². The second-order valence-electron chi connectivity index (χ2n) is 4.24. The van der Waals surface area contributed by atoms with Crippen molar-refractivity contribution in [2.24, 2.45) is 9.98 Å². The Balaban J connectivity index is 1.83. The summed E-state index contributed by atoms with van der Waals surface area (Å²) in [6.07, 6.45) is 0. The van der Waals surface area contributed by atoms with Gasteiger partial charge in [-0.25, -0.2) is 4.99 Å². The number of rotatable bonds is 1. The Morgan fingerprint density at radius 1 is 1.17 bits per heavy atom. The van der Waals surface area contributed by atoms with Gasteiger partial charge >= 0.3 is 0 Å². The molecule has 0 N–H and O–H groups in total. The van der Waals surface area contributed by atoms with Crippen LogP contribution < -0.4 is 0 Å². The Morgan fingerprint density at radius 2 is 2.00 bits per heavy atom. The summed E-state index contributed by atoms with van der Waals surface area (Å²) >= 11 is 3.66. The molecule has 1 fully saturated rings. The summed E-state index contributed by atoms with van der Waals surface area (Å²) in [5.41, 5.74) is 2.30. The van der Waals surface area contributed by atoms with Crippen molar-refractivity contribution < 1.29 is 0 Å². The minimum atomic E-state index is 0.943. The van der Waals surface area contributed by atoms with E-state index < -0.39 is 0 Å². The molecule has 0 atom stereocenters. The fourth-order valence-electron chi connectivity index (χ4n) is 1.89. The minimum absolute atomic E-state index is 0.943. The van der Waals surface area contributed by atoms with E-state index >= 15 is 0 Å². The minimum Gasteiger partial charge on any atom is -0.299 e. The van der Waals surface area contributed by atoms with Crippen LogP contribution in [0, 0.1) is 6.92 Å². The lowest BCUT2D eigenvalue weighted by Crippen LogP contribution is -2.28. The summed E-state index contributed by atoms with van der Waals surface area (Å²) in [6.45, 7) is 4.07. The smallest absolute Gasteiger partial charge is 0.170 e. The van der Waals surface area contributed by atoms with Crippen molar-refractivity contribution >= 4 is 39.5 Å². The lowest BCUT2D eigenvalue weighted by Gasteiger charge is -2.16. The van der Waals surface area contributed by atoms with Crippen LogP contribution in [0.25, 0.3) is 0 Å². The number of thioether (sulfide) groups is 2. The molecule has 0 bridgehead atoms. The number of hydrogen-bond acceptors (Lipinski definition) is 4. The maximum atomic E-state index is 4.74. The van der Waals surface area contributed by atoms with Crippen LogP contribution in [0.3, 0.4) is 0 Å². The third kappa shape index (κ3) is 2.57. The van der Waals surface area contributed by atoms with Gasteiger partial charge < -0.3 is 0 Å². The van der Waals surface area contributed by atoms with Gasteiger partial charge in [0.1, 0.15) is 0 Å². The van der Waals surface area contributed by atoms with E-state index in [1.165, 1.54) is 5.56 Å². The molecule has 1 aromatic carbocycles. The number of aryl methyl sites for hydroxylation is 1. The summed E-state index contributed by atoms with van der Waals surface area (Å²) in [4.78, 5) is 11.5. The van der Waals surface area contributed by atoms with E-state index in [9.17, 15) is 0 Å². The topological polar surface area (TPSA) is 28.0 Å². The third-order valence-electron chi connectivity index (χ3n) is 2.84. The molecular formula is C13H15N3S2. The first-order chi connectivity index (χ1) is 8.83. The summed E-state index contributed by atoms with van der Waals surface area (Å²) in [5, 5.41) is 2.23. The maximum Gasteiger partial charge on any atom is 0.170 e. The highest BCUT2D eigenvalue weighted by Crippen LogP contribution is 2.27. The van der Waals surface area contributed by atoms with Gasteiger partial charge in [0.2, 0.25) is 0 Å². The molecule has 2 heterocycles. The molecule has 0 aliphatic carbocycles. The Morgan fingerprint density at radius 3 is 2.72 bits per heavy atom. The van der Waals surface area contributed by atoms with Gasteiger partial charge in [-0.3, -0.25) is 9.89 Å². The highest BCUT2D eigenvalue weighted by atomic mass is 32.2. The van der Waals surface area contributed by atoms with Crippen LogP contribution in [0.1, 0.15) is 5.56 Å². The van der Waals surface area contributed by atoms with Crippen LogP contribution in [0.5, 0.6) is 0 Å². The van der Waals surface area contributed by atoms with Crippen molar-refractivity contribution in [2.75, 3.05) is 24.6 Å². The summed E-state index contributed by atoms with van der Waals surface area (Å²) in [7, 11) is 0. The zero-order valence-corrected chi connectivity index (χ0v) is 11.9. The second-order valence-corrected chi connectivity index (χ2v) is 6.37. The maximum absolute atomic E-state index is 4.74. The Bertz CT molecular complexity index is 493. The van der Waals surface area contributed by atoms with Gasteiger partial charge in [-0.15, -0.1) is 0 Å². The van der Waals surface area contributed by atoms with Crippen LogP contribution in [0.15, 0.2) is 34.3 Å². The molecule has 2 aliphatic heterocycles. The Hall–Kier alpha value is -0.940. The number of aliphatic imine (C=N–C) groups is 2. The Labute approximate surface area is 116 Å². The van der Waals surface area contributed by atoms with E-state index in [0.717, 1.165) is 40.6 Å². The molecule has 0 unspecified atom stereocenters. The van der Waals surface area contributed by atoms with Gasteiger partial charge in [-0.05, 0) is 19.1 Å². The number of benzene rings is 1. The third-order valence-corrected chi connectivity index (χ3v) is 4.79. The van der Waals surface area contributed by atoms with Gasteiger partial charge in [0.05, 0.1) is 12.2 Å². The van der Waals surface area contributed by atoms with Crippen molar-refractivity contribution in [3.63, 3.8) is 0 Å². The first-order valence-corrected chi connectivity index (χ1v) is 8.03. The molecule has 0 spiro atoms. The van der Waals surface area contributed by atoms with E-state index in [2.05, 4.69) is 41.1 Å². The summed E-state index contributed by atoms with van der Waals surface area (Å²) < 4.78 is 0. The highest BCUT2D eigenvalue weighted by molar-refractivity contribution is 8.16. The van der Waals surface area contributed by atoms with Crippen LogP contribution >= 0.6 is 23.5 Å². The van der Waals surface area contributed by atoms with Gasteiger partial charge in [0, 0.05) is 18.1 Å². The van der Waals surface area contributed by atoms with E-state index in [-0.39, 0.29) is 0 Å². The zero-order chi connectivity index (χ0) is 12.4. The summed E-state index contributed by atoms with van der Waals surface area (Å²) in [6, 6.07) is 8.35. The first-order valence-electron chi connectivity index (χ1n) is 6.06. The van der Waals surface area contributed by atoms with Crippen LogP contribution in [0.2, 0.25) is 0 Å². The van der Waals surface area contributed by atoms with Crippen molar-refractivity contribution in [3.05, 3.63) is 29.8 Å². The molecular weight excluding hydrogens is 262 g/mol. The zero-order valence-electron chi connectivity index (χ0n) is 10.3. The van der Waals surface area contributed by atoms with Gasteiger partial charge in [0.25, 0.3) is 0 Å². The first kappa shape index (κ1) is 12.1. The van der Waals surface area contributed by atoms with Crippen LogP contribution in [0.4, 0.5) is 5.69 Å². The van der Waals surface area contributed by atoms with E-state index in [0.29, 0.717) is 0 Å². The fourth-order valence-corrected chi connectivity index (χ4v) is 3.79. The molecule has 1 aromatic rings. The van der Waals surface area contributed by atoms with Crippen molar-refractivity contribution in [3.8, 4) is 0 Å². The molecule has 2 aliphatic rings. The van der Waals surface area contributed by atoms with Crippen molar-refractivity contribution in [2.45, 2.75) is 6.92 Å². The number of amidine groups is 2. The molecule has 5 heteroatoms. The second kappa shape index (κ2) is 5.36. The van der Waals surface area contributed by atoms with Gasteiger partial charge in [-0.1, -0.05) is 41.2 Å². The van der Waals surface area contributed by atoms with Gasteiger partial charge in [-0.2, -0.15) is 0 Å². The van der Waals surface area contributed by atoms with E-state index in [4.69, 9.17) is 4.99 Å². The van der Waals surface area contributed by atoms with Gasteiger partial charge in [0.15, 0.2) is 10.3 Å². The lowest BCUT2D eigenvalue weighted by atomic mass is 10.2. The molecule has 0 aromatic heterocycles. The fraction of sp³-hybridized carbons (Fsp3) is 0.385. The molecule has 94 valence electrons. The van der Waals surface area contributed by atoms with Crippen LogP contribution in [-0.2, 0) is 0 Å². The quantitative estimate of drug-likeness (QED) is 0.789. The molecule has 18 heavy (non-hydrogen) atoms. The average Bonchev–Trinajstić information content (AvgIpc) is 3.02. The van der Waals surface area contributed by atoms with E-state index in [1.54, 1.807) is 0 Å². The molecule has 1 saturated heterocycles. The molecule has 0 amide bonds. The number of hydrogen-bond donors (Lipinski definition) is 0. The lowest BCUT2D eigenvalue weighted by molar-refractivity contribution is 0.689. The predicted molar refractivity (Wildman–Crippen MR) is 82.2 cm³/mol. The average molecular weight is 277 g/mol. The van der Waals surface area contributed by atoms with Crippen molar-refractivity contribution in [1.29, 1.82) is 0 Å².